The highest BCUT2D eigenvalue weighted by molar-refractivity contribution is 5.76. The molecule has 1 saturated heterocycles. The van der Waals surface area contributed by atoms with Crippen molar-refractivity contribution in [1.82, 2.24) is 10.6 Å². The minimum Gasteiger partial charge on any atom is -0.465 e. The molecule has 2 N–H and O–H groups in total. The van der Waals surface area contributed by atoms with Crippen LogP contribution >= 0.6 is 0 Å². The van der Waals surface area contributed by atoms with E-state index in [4.69, 9.17) is 4.74 Å². The predicted octanol–water partition coefficient (Wildman–Crippen LogP) is -0.499. The molecule has 0 amide bonds. The lowest BCUT2D eigenvalue weighted by Gasteiger charge is -2.13. The van der Waals surface area contributed by atoms with Gasteiger partial charge in [-0.15, -0.1) is 0 Å². The molecule has 70 valence electrons. The fourth-order valence-electron chi connectivity index (χ4n) is 1.22. The average Bonchev–Trinajstić information content (AvgIpc) is 2.32. The highest BCUT2D eigenvalue weighted by Crippen LogP contribution is 1.92. The fraction of sp³-hybridized carbons (Fsp3) is 0.875. The van der Waals surface area contributed by atoms with E-state index in [1.807, 2.05) is 6.92 Å². The quantitative estimate of drug-likeness (QED) is 0.551. The predicted molar refractivity (Wildman–Crippen MR) is 45.9 cm³/mol. The monoisotopic (exact) mass is 172 g/mol. The van der Waals surface area contributed by atoms with E-state index in [1.165, 1.54) is 0 Å². The molecule has 4 heteroatoms. The number of ether oxygens (including phenoxy) is 1. The summed E-state index contributed by atoms with van der Waals surface area (Å²) in [6, 6.07) is -0.160. The topological polar surface area (TPSA) is 50.4 Å². The Bertz CT molecular complexity index is 142. The summed E-state index contributed by atoms with van der Waals surface area (Å²) in [5.74, 6) is -0.146. The van der Waals surface area contributed by atoms with Gasteiger partial charge in [0.05, 0.1) is 6.61 Å². The van der Waals surface area contributed by atoms with Gasteiger partial charge in [-0.1, -0.05) is 0 Å². The lowest BCUT2D eigenvalue weighted by Crippen LogP contribution is -2.43. The lowest BCUT2D eigenvalue weighted by molar-refractivity contribution is -0.145. The Hall–Kier alpha value is -0.610. The smallest absolute Gasteiger partial charge is 0.324 e. The summed E-state index contributed by atoms with van der Waals surface area (Å²) in [4.78, 5) is 11.2. The third-order valence-electron chi connectivity index (χ3n) is 1.84. The number of esters is 1. The molecule has 1 heterocycles. The zero-order valence-electron chi connectivity index (χ0n) is 7.43. The second-order valence-electron chi connectivity index (χ2n) is 2.82. The first kappa shape index (κ1) is 9.48. The van der Waals surface area contributed by atoms with Crippen molar-refractivity contribution in [1.29, 1.82) is 0 Å². The zero-order valence-corrected chi connectivity index (χ0v) is 7.43. The summed E-state index contributed by atoms with van der Waals surface area (Å²) in [5, 5.41) is 6.30. The maximum absolute atomic E-state index is 11.2. The van der Waals surface area contributed by atoms with Crippen LogP contribution in [0.4, 0.5) is 0 Å². The van der Waals surface area contributed by atoms with Crippen LogP contribution in [-0.2, 0) is 9.53 Å². The van der Waals surface area contributed by atoms with E-state index in [9.17, 15) is 4.79 Å². The van der Waals surface area contributed by atoms with E-state index in [0.29, 0.717) is 13.2 Å². The van der Waals surface area contributed by atoms with Crippen molar-refractivity contribution in [3.8, 4) is 0 Å². The van der Waals surface area contributed by atoms with Gasteiger partial charge in [-0.3, -0.25) is 4.79 Å². The molecular formula is C8H16N2O2. The molecule has 0 aliphatic carbocycles. The molecule has 1 atom stereocenters. The maximum atomic E-state index is 11.2. The molecule has 0 bridgehead atoms. The SMILES string of the molecule is CCOC(=O)C1CNCCCN1. The van der Waals surface area contributed by atoms with Gasteiger partial charge < -0.3 is 15.4 Å². The van der Waals surface area contributed by atoms with Crippen LogP contribution in [0.1, 0.15) is 13.3 Å². The van der Waals surface area contributed by atoms with E-state index >= 15 is 0 Å². The number of hydrogen-bond acceptors (Lipinski definition) is 4. The highest BCUT2D eigenvalue weighted by Gasteiger charge is 2.19. The summed E-state index contributed by atoms with van der Waals surface area (Å²) in [6.45, 7) is 4.82. The summed E-state index contributed by atoms with van der Waals surface area (Å²) in [6.07, 6.45) is 1.07. The number of rotatable bonds is 2. The minimum absolute atomic E-state index is 0.146. The zero-order chi connectivity index (χ0) is 8.81. The van der Waals surface area contributed by atoms with Gasteiger partial charge in [0, 0.05) is 6.54 Å². The van der Waals surface area contributed by atoms with E-state index < -0.39 is 0 Å². The van der Waals surface area contributed by atoms with Gasteiger partial charge in [-0.05, 0) is 26.4 Å². The molecule has 1 unspecified atom stereocenters. The number of carbonyl (C=O) groups is 1. The Labute approximate surface area is 72.7 Å². The summed E-state index contributed by atoms with van der Waals surface area (Å²) in [5.41, 5.74) is 0. The highest BCUT2D eigenvalue weighted by atomic mass is 16.5. The normalized spacial score (nSPS) is 24.6. The Morgan fingerprint density at radius 3 is 3.17 bits per heavy atom. The van der Waals surface area contributed by atoms with Crippen molar-refractivity contribution in [3.05, 3.63) is 0 Å². The van der Waals surface area contributed by atoms with Gasteiger partial charge in [-0.2, -0.15) is 0 Å². The van der Waals surface area contributed by atoms with Crippen LogP contribution in [0.3, 0.4) is 0 Å². The van der Waals surface area contributed by atoms with Crippen molar-refractivity contribution in [2.45, 2.75) is 19.4 Å². The Morgan fingerprint density at radius 2 is 2.42 bits per heavy atom. The van der Waals surface area contributed by atoms with Crippen LogP contribution < -0.4 is 10.6 Å². The molecular weight excluding hydrogens is 156 g/mol. The van der Waals surface area contributed by atoms with Gasteiger partial charge in [-0.25, -0.2) is 0 Å². The molecule has 0 aromatic rings. The van der Waals surface area contributed by atoms with Crippen LogP contribution in [0.2, 0.25) is 0 Å². The summed E-state index contributed by atoms with van der Waals surface area (Å²) >= 11 is 0. The molecule has 12 heavy (non-hydrogen) atoms. The largest absolute Gasteiger partial charge is 0.465 e. The van der Waals surface area contributed by atoms with Crippen molar-refractivity contribution in [2.75, 3.05) is 26.2 Å². The van der Waals surface area contributed by atoms with Crippen molar-refractivity contribution < 1.29 is 9.53 Å². The minimum atomic E-state index is -0.160. The van der Waals surface area contributed by atoms with Crippen LogP contribution in [0, 0.1) is 0 Å². The van der Waals surface area contributed by atoms with E-state index in [-0.39, 0.29) is 12.0 Å². The van der Waals surface area contributed by atoms with Crippen LogP contribution in [0.15, 0.2) is 0 Å². The molecule has 1 aliphatic rings. The Kier molecular flexibility index (Phi) is 4.04. The van der Waals surface area contributed by atoms with Gasteiger partial charge in [0.2, 0.25) is 0 Å². The van der Waals surface area contributed by atoms with Crippen LogP contribution in [0.25, 0.3) is 0 Å². The molecule has 0 aromatic heterocycles. The van der Waals surface area contributed by atoms with Crippen molar-refractivity contribution in [3.63, 3.8) is 0 Å². The first-order valence-electron chi connectivity index (χ1n) is 4.45. The van der Waals surface area contributed by atoms with Gasteiger partial charge in [0.1, 0.15) is 6.04 Å². The molecule has 1 fully saturated rings. The second-order valence-corrected chi connectivity index (χ2v) is 2.82. The first-order valence-corrected chi connectivity index (χ1v) is 4.45. The van der Waals surface area contributed by atoms with Gasteiger partial charge in [0.25, 0.3) is 0 Å². The van der Waals surface area contributed by atoms with Gasteiger partial charge >= 0.3 is 5.97 Å². The molecule has 0 saturated carbocycles. The number of hydrogen-bond donors (Lipinski definition) is 2. The molecule has 0 aromatic carbocycles. The summed E-state index contributed by atoms with van der Waals surface area (Å²) < 4.78 is 4.90. The van der Waals surface area contributed by atoms with Crippen molar-refractivity contribution in [2.24, 2.45) is 0 Å². The third kappa shape index (κ3) is 2.79. The molecule has 1 rings (SSSR count). The maximum Gasteiger partial charge on any atom is 0.324 e. The molecule has 0 spiro atoms. The molecule has 1 aliphatic heterocycles. The standard InChI is InChI=1S/C8H16N2O2/c1-2-12-8(11)7-6-9-4-3-5-10-7/h7,9-10H,2-6H2,1H3. The third-order valence-corrected chi connectivity index (χ3v) is 1.84. The van der Waals surface area contributed by atoms with E-state index in [0.717, 1.165) is 19.5 Å². The van der Waals surface area contributed by atoms with Gasteiger partial charge in [0.15, 0.2) is 0 Å². The van der Waals surface area contributed by atoms with E-state index in [1.54, 1.807) is 0 Å². The second kappa shape index (κ2) is 5.11. The number of carbonyl (C=O) groups excluding carboxylic acids is 1. The lowest BCUT2D eigenvalue weighted by atomic mass is 10.3. The fourth-order valence-corrected chi connectivity index (χ4v) is 1.22. The van der Waals surface area contributed by atoms with E-state index in [2.05, 4.69) is 10.6 Å². The summed E-state index contributed by atoms with van der Waals surface area (Å²) in [7, 11) is 0. The van der Waals surface area contributed by atoms with Crippen LogP contribution in [0.5, 0.6) is 0 Å². The van der Waals surface area contributed by atoms with Crippen LogP contribution in [-0.4, -0.2) is 38.3 Å². The van der Waals surface area contributed by atoms with Crippen molar-refractivity contribution >= 4 is 5.97 Å². The molecule has 0 radical (unpaired) electrons. The Balaban J connectivity index is 2.32. The Morgan fingerprint density at radius 1 is 1.58 bits per heavy atom. The molecule has 4 nitrogen and oxygen atoms in total. The first-order chi connectivity index (χ1) is 5.84. The number of nitrogens with one attached hydrogen (secondary N) is 2. The average molecular weight is 172 g/mol.